The van der Waals surface area contributed by atoms with Gasteiger partial charge in [-0.1, -0.05) is 59.5 Å². The second kappa shape index (κ2) is 9.00. The summed E-state index contributed by atoms with van der Waals surface area (Å²) in [6.07, 6.45) is 10.2. The Morgan fingerprint density at radius 1 is 0.933 bits per heavy atom. The Balaban J connectivity index is 3.37. The first-order chi connectivity index (χ1) is 7.07. The van der Waals surface area contributed by atoms with Crippen molar-refractivity contribution < 1.29 is 0 Å². The van der Waals surface area contributed by atoms with E-state index in [2.05, 4.69) is 34.3 Å². The van der Waals surface area contributed by atoms with Crippen molar-refractivity contribution in [2.75, 3.05) is 0 Å². The van der Waals surface area contributed by atoms with Gasteiger partial charge in [0, 0.05) is 0 Å². The number of rotatable bonds is 9. The molecule has 90 valence electrons. The zero-order valence-corrected chi connectivity index (χ0v) is 11.3. The molecule has 0 nitrogen and oxygen atoms in total. The molecule has 0 aromatic heterocycles. The van der Waals surface area contributed by atoms with Crippen LogP contribution in [0.3, 0.4) is 0 Å². The summed E-state index contributed by atoms with van der Waals surface area (Å²) in [6, 6.07) is 0. The molecule has 0 aromatic rings. The molecule has 0 rings (SSSR count). The van der Waals surface area contributed by atoms with E-state index < -0.39 is 0 Å². The molecule has 0 amide bonds. The first-order valence-electron chi connectivity index (χ1n) is 6.68. The molecule has 0 saturated carbocycles. The van der Waals surface area contributed by atoms with Gasteiger partial charge in [0.15, 0.2) is 0 Å². The van der Waals surface area contributed by atoms with Crippen LogP contribution in [0.4, 0.5) is 0 Å². The first-order valence-corrected chi connectivity index (χ1v) is 6.68. The minimum Gasteiger partial charge on any atom is -0.103 e. The van der Waals surface area contributed by atoms with E-state index in [1.807, 2.05) is 6.08 Å². The largest absolute Gasteiger partial charge is 0.103 e. The molecule has 0 fully saturated rings. The Hall–Kier alpha value is -0.260. The smallest absolute Gasteiger partial charge is 0.0353 e. The SMILES string of the molecule is C=CCCCC(C)CCCC(C)C(C)C. The van der Waals surface area contributed by atoms with E-state index in [4.69, 9.17) is 0 Å². The minimum absolute atomic E-state index is 0.848. The zero-order valence-electron chi connectivity index (χ0n) is 11.3. The molecular formula is C15H30. The van der Waals surface area contributed by atoms with Crippen LogP contribution in [-0.2, 0) is 0 Å². The summed E-state index contributed by atoms with van der Waals surface area (Å²) in [5.41, 5.74) is 0. The lowest BCUT2D eigenvalue weighted by atomic mass is 9.90. The maximum Gasteiger partial charge on any atom is -0.0353 e. The Kier molecular flexibility index (Phi) is 8.85. The van der Waals surface area contributed by atoms with Crippen molar-refractivity contribution >= 4 is 0 Å². The molecule has 2 unspecified atom stereocenters. The van der Waals surface area contributed by atoms with E-state index in [1.165, 1.54) is 38.5 Å². The second-order valence-electron chi connectivity index (χ2n) is 5.48. The Morgan fingerprint density at radius 2 is 1.53 bits per heavy atom. The molecular weight excluding hydrogens is 180 g/mol. The number of hydrogen-bond acceptors (Lipinski definition) is 0. The minimum atomic E-state index is 0.848. The van der Waals surface area contributed by atoms with Crippen LogP contribution in [0, 0.1) is 17.8 Å². The molecule has 0 aliphatic carbocycles. The predicted molar refractivity (Wildman–Crippen MR) is 71.1 cm³/mol. The van der Waals surface area contributed by atoms with Gasteiger partial charge in [0.1, 0.15) is 0 Å². The summed E-state index contributed by atoms with van der Waals surface area (Å²) in [6.45, 7) is 13.2. The Morgan fingerprint density at radius 3 is 2.07 bits per heavy atom. The fraction of sp³-hybridized carbons (Fsp3) is 0.867. The molecule has 0 saturated heterocycles. The topological polar surface area (TPSA) is 0 Å². The van der Waals surface area contributed by atoms with Crippen LogP contribution in [0.2, 0.25) is 0 Å². The average Bonchev–Trinajstić information content (AvgIpc) is 2.18. The lowest BCUT2D eigenvalue weighted by molar-refractivity contribution is 0.355. The zero-order chi connectivity index (χ0) is 11.7. The average molecular weight is 210 g/mol. The summed E-state index contributed by atoms with van der Waals surface area (Å²) < 4.78 is 0. The van der Waals surface area contributed by atoms with E-state index in [0.29, 0.717) is 0 Å². The molecule has 0 N–H and O–H groups in total. The van der Waals surface area contributed by atoms with E-state index in [9.17, 15) is 0 Å². The summed E-state index contributed by atoms with van der Waals surface area (Å²) in [5.74, 6) is 2.65. The highest BCUT2D eigenvalue weighted by atomic mass is 14.1. The number of unbranched alkanes of at least 4 members (excludes halogenated alkanes) is 1. The van der Waals surface area contributed by atoms with Gasteiger partial charge in [-0.25, -0.2) is 0 Å². The quantitative estimate of drug-likeness (QED) is 0.351. The monoisotopic (exact) mass is 210 g/mol. The maximum absolute atomic E-state index is 3.76. The fourth-order valence-corrected chi connectivity index (χ4v) is 1.88. The third kappa shape index (κ3) is 8.72. The van der Waals surface area contributed by atoms with E-state index >= 15 is 0 Å². The van der Waals surface area contributed by atoms with Crippen LogP contribution in [-0.4, -0.2) is 0 Å². The van der Waals surface area contributed by atoms with Gasteiger partial charge < -0.3 is 0 Å². The van der Waals surface area contributed by atoms with Crippen LogP contribution in [0.5, 0.6) is 0 Å². The lowest BCUT2D eigenvalue weighted by Gasteiger charge is -2.16. The number of allylic oxidation sites excluding steroid dienone is 1. The number of hydrogen-bond donors (Lipinski definition) is 0. The van der Waals surface area contributed by atoms with Gasteiger partial charge in [-0.15, -0.1) is 6.58 Å². The van der Waals surface area contributed by atoms with E-state index in [-0.39, 0.29) is 0 Å². The molecule has 15 heavy (non-hydrogen) atoms. The molecule has 0 radical (unpaired) electrons. The van der Waals surface area contributed by atoms with Crippen LogP contribution in [0.25, 0.3) is 0 Å². The molecule has 0 aliphatic heterocycles. The summed E-state index contributed by atoms with van der Waals surface area (Å²) in [7, 11) is 0. The van der Waals surface area contributed by atoms with Gasteiger partial charge in [0.05, 0.1) is 0 Å². The Labute approximate surface area is 97.2 Å². The third-order valence-electron chi connectivity index (χ3n) is 3.60. The van der Waals surface area contributed by atoms with Gasteiger partial charge in [0.25, 0.3) is 0 Å². The van der Waals surface area contributed by atoms with Crippen LogP contribution in [0.15, 0.2) is 12.7 Å². The van der Waals surface area contributed by atoms with Crippen molar-refractivity contribution in [1.29, 1.82) is 0 Å². The third-order valence-corrected chi connectivity index (χ3v) is 3.60. The van der Waals surface area contributed by atoms with E-state index in [0.717, 1.165) is 17.8 Å². The van der Waals surface area contributed by atoms with Crippen molar-refractivity contribution in [3.8, 4) is 0 Å². The van der Waals surface area contributed by atoms with Crippen LogP contribution in [0.1, 0.15) is 66.2 Å². The molecule has 0 heterocycles. The van der Waals surface area contributed by atoms with Crippen LogP contribution < -0.4 is 0 Å². The highest BCUT2D eigenvalue weighted by Crippen LogP contribution is 2.21. The van der Waals surface area contributed by atoms with E-state index in [1.54, 1.807) is 0 Å². The first kappa shape index (κ1) is 14.7. The van der Waals surface area contributed by atoms with Gasteiger partial charge in [-0.2, -0.15) is 0 Å². The lowest BCUT2D eigenvalue weighted by Crippen LogP contribution is -2.04. The molecule has 0 bridgehead atoms. The highest BCUT2D eigenvalue weighted by molar-refractivity contribution is 4.67. The normalized spacial score (nSPS) is 15.3. The second-order valence-corrected chi connectivity index (χ2v) is 5.48. The molecule has 0 aromatic carbocycles. The van der Waals surface area contributed by atoms with Crippen molar-refractivity contribution in [3.63, 3.8) is 0 Å². The maximum atomic E-state index is 3.76. The van der Waals surface area contributed by atoms with Crippen LogP contribution >= 0.6 is 0 Å². The van der Waals surface area contributed by atoms with Gasteiger partial charge in [0.2, 0.25) is 0 Å². The molecule has 0 spiro atoms. The highest BCUT2D eigenvalue weighted by Gasteiger charge is 2.08. The Bertz CT molecular complexity index is 146. The van der Waals surface area contributed by atoms with Crippen molar-refractivity contribution in [2.24, 2.45) is 17.8 Å². The van der Waals surface area contributed by atoms with Crippen molar-refractivity contribution in [2.45, 2.75) is 66.2 Å². The molecule has 0 heteroatoms. The summed E-state index contributed by atoms with van der Waals surface area (Å²) in [4.78, 5) is 0. The predicted octanol–water partition coefficient (Wildman–Crippen LogP) is 5.44. The van der Waals surface area contributed by atoms with Gasteiger partial charge in [-0.05, 0) is 30.6 Å². The van der Waals surface area contributed by atoms with Crippen molar-refractivity contribution in [3.05, 3.63) is 12.7 Å². The molecule has 0 aliphatic rings. The standard InChI is InChI=1S/C15H30/c1-6-7-8-10-14(4)11-9-12-15(5)13(2)3/h6,13-15H,1,7-12H2,2-5H3. The molecule has 2 atom stereocenters. The summed E-state index contributed by atoms with van der Waals surface area (Å²) >= 11 is 0. The van der Waals surface area contributed by atoms with Gasteiger partial charge in [-0.3, -0.25) is 0 Å². The fourth-order valence-electron chi connectivity index (χ4n) is 1.88. The van der Waals surface area contributed by atoms with Gasteiger partial charge >= 0.3 is 0 Å². The summed E-state index contributed by atoms with van der Waals surface area (Å²) in [5, 5.41) is 0. The van der Waals surface area contributed by atoms with Crippen molar-refractivity contribution in [1.82, 2.24) is 0 Å².